The van der Waals surface area contributed by atoms with Crippen molar-refractivity contribution in [2.45, 2.75) is 51.0 Å². The average molecular weight is 394 g/mol. The van der Waals surface area contributed by atoms with Crippen molar-refractivity contribution < 1.29 is 13.2 Å². The molecular weight excluding hydrogens is 362 g/mol. The molecule has 0 spiro atoms. The highest BCUT2D eigenvalue weighted by molar-refractivity contribution is 7.89. The summed E-state index contributed by atoms with van der Waals surface area (Å²) in [5.41, 5.74) is 6.55. The van der Waals surface area contributed by atoms with Crippen molar-refractivity contribution in [2.24, 2.45) is 17.1 Å². The van der Waals surface area contributed by atoms with E-state index < -0.39 is 10.0 Å². The van der Waals surface area contributed by atoms with Gasteiger partial charge >= 0.3 is 0 Å². The molecule has 3 rings (SSSR count). The summed E-state index contributed by atoms with van der Waals surface area (Å²) in [5, 5.41) is 0. The molecule has 2 saturated heterocycles. The number of nitrogens with two attached hydrogens (primary N) is 1. The Morgan fingerprint density at radius 1 is 1.15 bits per heavy atom. The zero-order chi connectivity index (χ0) is 19.8. The third-order valence-electron chi connectivity index (χ3n) is 5.96. The number of rotatable bonds is 3. The second-order valence-electron chi connectivity index (χ2n) is 8.75. The smallest absolute Gasteiger partial charge is 0.253 e. The molecule has 2 fully saturated rings. The van der Waals surface area contributed by atoms with Gasteiger partial charge in [0.2, 0.25) is 10.0 Å². The quantitative estimate of drug-likeness (QED) is 0.854. The van der Waals surface area contributed by atoms with Crippen LogP contribution in [0.15, 0.2) is 29.2 Å². The van der Waals surface area contributed by atoms with E-state index in [0.717, 1.165) is 19.3 Å². The predicted molar refractivity (Wildman–Crippen MR) is 106 cm³/mol. The van der Waals surface area contributed by atoms with Gasteiger partial charge in [-0.15, -0.1) is 0 Å². The molecule has 2 atom stereocenters. The van der Waals surface area contributed by atoms with Gasteiger partial charge in [0.05, 0.1) is 4.90 Å². The summed E-state index contributed by atoms with van der Waals surface area (Å²) >= 11 is 0. The number of piperidine rings is 2. The van der Waals surface area contributed by atoms with Crippen molar-refractivity contribution in [3.05, 3.63) is 29.8 Å². The van der Waals surface area contributed by atoms with Gasteiger partial charge < -0.3 is 10.6 Å². The Morgan fingerprint density at radius 3 is 2.41 bits per heavy atom. The molecule has 1 amide bonds. The number of sulfonamides is 1. The first-order valence-electron chi connectivity index (χ1n) is 9.76. The van der Waals surface area contributed by atoms with Crippen molar-refractivity contribution in [1.82, 2.24) is 9.21 Å². The highest BCUT2D eigenvalue weighted by Crippen LogP contribution is 2.29. The van der Waals surface area contributed by atoms with Crippen LogP contribution in [-0.4, -0.2) is 55.8 Å². The summed E-state index contributed by atoms with van der Waals surface area (Å²) in [6, 6.07) is 6.46. The molecule has 2 unspecified atom stereocenters. The summed E-state index contributed by atoms with van der Waals surface area (Å²) in [5.74, 6) is 0.314. The minimum absolute atomic E-state index is 0.0643. The molecule has 2 aliphatic rings. The predicted octanol–water partition coefficient (Wildman–Crippen LogP) is 2.31. The fourth-order valence-electron chi connectivity index (χ4n) is 4.01. The number of amides is 1. The van der Waals surface area contributed by atoms with Gasteiger partial charge in [-0.3, -0.25) is 4.79 Å². The monoisotopic (exact) mass is 393 g/mol. The molecule has 0 bridgehead atoms. The Bertz CT molecular complexity index is 789. The highest BCUT2D eigenvalue weighted by atomic mass is 32.2. The van der Waals surface area contributed by atoms with Crippen LogP contribution in [0.5, 0.6) is 0 Å². The Labute approximate surface area is 162 Å². The van der Waals surface area contributed by atoms with Crippen LogP contribution in [0, 0.1) is 11.3 Å². The molecule has 1 aromatic rings. The average Bonchev–Trinajstić information content (AvgIpc) is 2.63. The Balaban J connectivity index is 1.74. The van der Waals surface area contributed by atoms with E-state index in [2.05, 4.69) is 20.8 Å². The lowest BCUT2D eigenvalue weighted by Gasteiger charge is -2.42. The molecular formula is C20H31N3O3S. The van der Waals surface area contributed by atoms with Crippen molar-refractivity contribution in [3.63, 3.8) is 0 Å². The number of hydrogen-bond donors (Lipinski definition) is 1. The van der Waals surface area contributed by atoms with Gasteiger partial charge in [0.1, 0.15) is 0 Å². The Hall–Kier alpha value is -1.44. The molecule has 27 heavy (non-hydrogen) atoms. The lowest BCUT2D eigenvalue weighted by atomic mass is 9.79. The lowest BCUT2D eigenvalue weighted by Crippen LogP contribution is -2.54. The maximum absolute atomic E-state index is 12.9. The minimum atomic E-state index is -3.50. The SMILES string of the molecule is CC1CCCN(S(=O)(=O)c2ccc(C(=O)N3CCC(N)C(C)(C)C3)cc2)C1. The summed E-state index contributed by atoms with van der Waals surface area (Å²) in [6.45, 7) is 8.60. The van der Waals surface area contributed by atoms with Gasteiger partial charge in [0.15, 0.2) is 0 Å². The van der Waals surface area contributed by atoms with Crippen LogP contribution in [0.3, 0.4) is 0 Å². The molecule has 150 valence electrons. The van der Waals surface area contributed by atoms with Gasteiger partial charge in [0.25, 0.3) is 5.91 Å². The third-order valence-corrected chi connectivity index (χ3v) is 7.84. The van der Waals surface area contributed by atoms with Gasteiger partial charge in [0, 0.05) is 37.8 Å². The molecule has 7 heteroatoms. The number of carbonyl (C=O) groups excluding carboxylic acids is 1. The second kappa shape index (κ2) is 7.53. The van der Waals surface area contributed by atoms with Crippen LogP contribution >= 0.6 is 0 Å². The molecule has 0 saturated carbocycles. The van der Waals surface area contributed by atoms with E-state index >= 15 is 0 Å². The van der Waals surface area contributed by atoms with E-state index in [1.54, 1.807) is 28.6 Å². The van der Waals surface area contributed by atoms with E-state index in [4.69, 9.17) is 5.73 Å². The van der Waals surface area contributed by atoms with E-state index in [-0.39, 0.29) is 22.3 Å². The topological polar surface area (TPSA) is 83.7 Å². The van der Waals surface area contributed by atoms with Crippen molar-refractivity contribution in [2.75, 3.05) is 26.2 Å². The largest absolute Gasteiger partial charge is 0.338 e. The van der Waals surface area contributed by atoms with Crippen LogP contribution < -0.4 is 5.73 Å². The van der Waals surface area contributed by atoms with E-state index in [1.165, 1.54) is 0 Å². The van der Waals surface area contributed by atoms with E-state index in [0.29, 0.717) is 37.7 Å². The molecule has 2 aliphatic heterocycles. The third kappa shape index (κ3) is 4.20. The molecule has 2 N–H and O–H groups in total. The minimum Gasteiger partial charge on any atom is -0.338 e. The fourth-order valence-corrected chi connectivity index (χ4v) is 5.61. The zero-order valence-electron chi connectivity index (χ0n) is 16.5. The van der Waals surface area contributed by atoms with E-state index in [1.807, 2.05) is 4.90 Å². The van der Waals surface area contributed by atoms with Crippen LogP contribution in [0.1, 0.15) is 50.4 Å². The van der Waals surface area contributed by atoms with Crippen LogP contribution in [0.4, 0.5) is 0 Å². The van der Waals surface area contributed by atoms with Crippen LogP contribution in [-0.2, 0) is 10.0 Å². The standard InChI is InChI=1S/C20H31N3O3S/c1-15-5-4-11-23(13-15)27(25,26)17-8-6-16(7-9-17)19(24)22-12-10-18(21)20(2,3)14-22/h6-9,15,18H,4-5,10-14,21H2,1-3H3. The molecule has 0 aliphatic carbocycles. The summed E-state index contributed by atoms with van der Waals surface area (Å²) in [6.07, 6.45) is 2.73. The number of benzene rings is 1. The van der Waals surface area contributed by atoms with Gasteiger partial charge in [-0.1, -0.05) is 20.8 Å². The summed E-state index contributed by atoms with van der Waals surface area (Å²) in [4.78, 5) is 14.9. The van der Waals surface area contributed by atoms with Crippen LogP contribution in [0.2, 0.25) is 0 Å². The molecule has 0 aromatic heterocycles. The van der Waals surface area contributed by atoms with Crippen molar-refractivity contribution in [1.29, 1.82) is 0 Å². The van der Waals surface area contributed by atoms with Gasteiger partial charge in [-0.2, -0.15) is 4.31 Å². The number of likely N-dealkylation sites (tertiary alicyclic amines) is 1. The van der Waals surface area contributed by atoms with Gasteiger partial charge in [-0.05, 0) is 54.9 Å². The molecule has 6 nitrogen and oxygen atoms in total. The highest BCUT2D eigenvalue weighted by Gasteiger charge is 2.35. The first-order valence-corrected chi connectivity index (χ1v) is 11.2. The summed E-state index contributed by atoms with van der Waals surface area (Å²) < 4.78 is 27.3. The first-order chi connectivity index (χ1) is 12.6. The maximum Gasteiger partial charge on any atom is 0.253 e. The Kier molecular flexibility index (Phi) is 5.66. The Morgan fingerprint density at radius 2 is 1.81 bits per heavy atom. The maximum atomic E-state index is 12.9. The van der Waals surface area contributed by atoms with Crippen molar-refractivity contribution in [3.8, 4) is 0 Å². The summed E-state index contributed by atoms with van der Waals surface area (Å²) in [7, 11) is -3.50. The number of carbonyl (C=O) groups is 1. The number of nitrogens with zero attached hydrogens (tertiary/aromatic N) is 2. The van der Waals surface area contributed by atoms with Crippen LogP contribution in [0.25, 0.3) is 0 Å². The normalized spacial score (nSPS) is 26.7. The number of hydrogen-bond acceptors (Lipinski definition) is 4. The van der Waals surface area contributed by atoms with Crippen molar-refractivity contribution >= 4 is 15.9 Å². The van der Waals surface area contributed by atoms with Gasteiger partial charge in [-0.25, -0.2) is 8.42 Å². The van der Waals surface area contributed by atoms with E-state index in [9.17, 15) is 13.2 Å². The zero-order valence-corrected chi connectivity index (χ0v) is 17.3. The molecule has 1 aromatic carbocycles. The second-order valence-corrected chi connectivity index (χ2v) is 10.7. The lowest BCUT2D eigenvalue weighted by molar-refractivity contribution is 0.0533. The first kappa shape index (κ1) is 20.3. The fraction of sp³-hybridized carbons (Fsp3) is 0.650. The molecule has 0 radical (unpaired) electrons. The molecule has 2 heterocycles.